The third kappa shape index (κ3) is 6.68. The quantitative estimate of drug-likeness (QED) is 0.456. The predicted octanol–water partition coefficient (Wildman–Crippen LogP) is 2.58. The van der Waals surface area contributed by atoms with Crippen molar-refractivity contribution in [1.29, 1.82) is 0 Å². The minimum absolute atomic E-state index is 0.0949. The van der Waals surface area contributed by atoms with Crippen molar-refractivity contribution < 1.29 is 4.79 Å². The first-order chi connectivity index (χ1) is 11.1. The van der Waals surface area contributed by atoms with Crippen LogP contribution in [0.5, 0.6) is 0 Å². The molecule has 5 heteroatoms. The molecule has 23 heavy (non-hydrogen) atoms. The molecule has 1 unspecified atom stereocenters. The molecule has 1 saturated heterocycles. The van der Waals surface area contributed by atoms with Crippen LogP contribution in [0.15, 0.2) is 0 Å². The van der Waals surface area contributed by atoms with Gasteiger partial charge in [-0.2, -0.15) is 0 Å². The number of unbranched alkanes of at least 4 members (excludes halogenated alkanes) is 2. The molecule has 1 aliphatic heterocycles. The second kappa shape index (κ2) is 10.9. The summed E-state index contributed by atoms with van der Waals surface area (Å²) >= 11 is 0. The number of rotatable bonds is 13. The molecule has 1 rings (SSSR count). The fraction of sp³-hybridized carbons (Fsp3) is 0.944. The minimum atomic E-state index is 0.0949. The number of nitrogens with one attached hydrogen (secondary N) is 3. The average molecular weight is 327 g/mol. The second-order valence-corrected chi connectivity index (χ2v) is 7.08. The third-order valence-electron chi connectivity index (χ3n) is 5.01. The summed E-state index contributed by atoms with van der Waals surface area (Å²) in [5, 5.41) is 10.2. The van der Waals surface area contributed by atoms with Crippen molar-refractivity contribution in [3.05, 3.63) is 0 Å². The Labute approximate surface area is 143 Å². The molecule has 136 valence electrons. The zero-order valence-corrected chi connectivity index (χ0v) is 15.7. The van der Waals surface area contributed by atoms with Crippen LogP contribution in [0.3, 0.4) is 0 Å². The van der Waals surface area contributed by atoms with Gasteiger partial charge in [-0.15, -0.1) is 0 Å². The second-order valence-electron chi connectivity index (χ2n) is 7.08. The van der Waals surface area contributed by atoms with Crippen LogP contribution in [0, 0.1) is 5.41 Å². The Morgan fingerprint density at radius 1 is 1.13 bits per heavy atom. The summed E-state index contributed by atoms with van der Waals surface area (Å²) < 4.78 is 0. The van der Waals surface area contributed by atoms with Gasteiger partial charge in [0.05, 0.1) is 0 Å². The van der Waals surface area contributed by atoms with Gasteiger partial charge in [0.2, 0.25) is 0 Å². The van der Waals surface area contributed by atoms with E-state index >= 15 is 0 Å². The highest BCUT2D eigenvalue weighted by Crippen LogP contribution is 2.24. The molecule has 0 aromatic carbocycles. The van der Waals surface area contributed by atoms with E-state index in [-0.39, 0.29) is 11.4 Å². The summed E-state index contributed by atoms with van der Waals surface area (Å²) in [4.78, 5) is 14.1. The molecule has 0 bridgehead atoms. The van der Waals surface area contributed by atoms with Crippen LogP contribution in [-0.2, 0) is 0 Å². The number of carbonyl (C=O) groups is 1. The topological polar surface area (TPSA) is 56.4 Å². The van der Waals surface area contributed by atoms with E-state index in [1.54, 1.807) is 0 Å². The predicted molar refractivity (Wildman–Crippen MR) is 97.8 cm³/mol. The largest absolute Gasteiger partial charge is 0.336 e. The van der Waals surface area contributed by atoms with E-state index in [1.807, 2.05) is 4.90 Å². The number of hydrogen-bond donors (Lipinski definition) is 3. The number of carbonyl (C=O) groups excluding carboxylic acids is 1. The van der Waals surface area contributed by atoms with Gasteiger partial charge in [-0.1, -0.05) is 33.6 Å². The maximum atomic E-state index is 12.1. The Bertz CT molecular complexity index is 323. The van der Waals surface area contributed by atoms with E-state index in [9.17, 15) is 4.79 Å². The molecule has 0 saturated carbocycles. The molecule has 0 spiro atoms. The highest BCUT2D eigenvalue weighted by molar-refractivity contribution is 5.76. The van der Waals surface area contributed by atoms with Crippen LogP contribution in [0.4, 0.5) is 4.79 Å². The molecule has 0 aromatic heterocycles. The Balaban J connectivity index is 2.65. The van der Waals surface area contributed by atoms with E-state index in [0.29, 0.717) is 6.04 Å². The van der Waals surface area contributed by atoms with E-state index in [0.717, 1.165) is 45.7 Å². The molecular weight excluding hydrogens is 288 g/mol. The lowest BCUT2D eigenvalue weighted by Crippen LogP contribution is -2.51. The average Bonchev–Trinajstić information content (AvgIpc) is 2.87. The van der Waals surface area contributed by atoms with Crippen molar-refractivity contribution >= 4 is 6.03 Å². The molecule has 1 atom stereocenters. The smallest absolute Gasteiger partial charge is 0.317 e. The van der Waals surface area contributed by atoms with E-state index in [4.69, 9.17) is 0 Å². The van der Waals surface area contributed by atoms with Gasteiger partial charge in [-0.25, -0.2) is 4.79 Å². The zero-order chi connectivity index (χ0) is 17.1. The molecule has 2 amide bonds. The molecule has 0 radical (unpaired) electrons. The number of urea groups is 1. The fourth-order valence-electron chi connectivity index (χ4n) is 3.08. The zero-order valence-electron chi connectivity index (χ0n) is 15.7. The molecule has 0 aromatic rings. The summed E-state index contributed by atoms with van der Waals surface area (Å²) in [7, 11) is 0. The molecule has 3 N–H and O–H groups in total. The highest BCUT2D eigenvalue weighted by atomic mass is 16.2. The number of hydrogen-bond acceptors (Lipinski definition) is 3. The molecule has 1 heterocycles. The fourth-order valence-corrected chi connectivity index (χ4v) is 3.08. The van der Waals surface area contributed by atoms with Gasteiger partial charge in [0.15, 0.2) is 0 Å². The van der Waals surface area contributed by atoms with Crippen LogP contribution < -0.4 is 16.0 Å². The summed E-state index contributed by atoms with van der Waals surface area (Å²) in [6, 6.07) is 0.386. The summed E-state index contributed by atoms with van der Waals surface area (Å²) in [5.41, 5.74) is 0.109. The van der Waals surface area contributed by atoms with Crippen LogP contribution in [0.2, 0.25) is 0 Å². The van der Waals surface area contributed by atoms with Crippen molar-refractivity contribution in [1.82, 2.24) is 20.9 Å². The lowest BCUT2D eigenvalue weighted by molar-refractivity contribution is 0.142. The van der Waals surface area contributed by atoms with Crippen molar-refractivity contribution in [2.75, 3.05) is 39.3 Å². The van der Waals surface area contributed by atoms with Gasteiger partial charge >= 0.3 is 6.03 Å². The van der Waals surface area contributed by atoms with Gasteiger partial charge in [-0.05, 0) is 39.3 Å². The van der Waals surface area contributed by atoms with Crippen LogP contribution in [-0.4, -0.2) is 56.2 Å². The van der Waals surface area contributed by atoms with Crippen LogP contribution in [0.1, 0.15) is 59.8 Å². The van der Waals surface area contributed by atoms with Crippen molar-refractivity contribution in [2.45, 2.75) is 65.8 Å². The lowest BCUT2D eigenvalue weighted by atomic mass is 9.83. The van der Waals surface area contributed by atoms with E-state index < -0.39 is 0 Å². The maximum Gasteiger partial charge on any atom is 0.317 e. The van der Waals surface area contributed by atoms with Gasteiger partial charge in [-0.3, -0.25) is 0 Å². The standard InChI is InChI=1S/C18H38N4O/c1-5-8-10-19-13-18(7-3,14-20-11-9-6-2)15-22-16(4)12-21-17(22)23/h16,19-20H,5-15H2,1-4H3,(H,21,23). The summed E-state index contributed by atoms with van der Waals surface area (Å²) in [6.07, 6.45) is 5.92. The van der Waals surface area contributed by atoms with Gasteiger partial charge in [0.25, 0.3) is 0 Å². The summed E-state index contributed by atoms with van der Waals surface area (Å²) in [5.74, 6) is 0. The Hall–Kier alpha value is -0.810. The Kier molecular flexibility index (Phi) is 9.56. The van der Waals surface area contributed by atoms with E-state index in [1.165, 1.54) is 25.7 Å². The lowest BCUT2D eigenvalue weighted by Gasteiger charge is -2.38. The van der Waals surface area contributed by atoms with Gasteiger partial charge < -0.3 is 20.9 Å². The monoisotopic (exact) mass is 326 g/mol. The first-order valence-electron chi connectivity index (χ1n) is 9.54. The molecule has 1 aliphatic rings. The maximum absolute atomic E-state index is 12.1. The highest BCUT2D eigenvalue weighted by Gasteiger charge is 2.36. The van der Waals surface area contributed by atoms with Crippen molar-refractivity contribution in [2.24, 2.45) is 5.41 Å². The van der Waals surface area contributed by atoms with Gasteiger partial charge in [0.1, 0.15) is 0 Å². The van der Waals surface area contributed by atoms with Crippen molar-refractivity contribution in [3.63, 3.8) is 0 Å². The number of nitrogens with zero attached hydrogens (tertiary/aromatic N) is 1. The van der Waals surface area contributed by atoms with Crippen molar-refractivity contribution in [3.8, 4) is 0 Å². The number of amides is 2. The van der Waals surface area contributed by atoms with Gasteiger partial charge in [0, 0.05) is 37.6 Å². The molecular formula is C18H38N4O. The van der Waals surface area contributed by atoms with Crippen LogP contribution in [0.25, 0.3) is 0 Å². The SMILES string of the molecule is CCCCNCC(CC)(CNCCCC)CN1C(=O)NCC1C. The minimum Gasteiger partial charge on any atom is -0.336 e. The molecule has 5 nitrogen and oxygen atoms in total. The van der Waals surface area contributed by atoms with Crippen LogP contribution >= 0.6 is 0 Å². The first kappa shape index (κ1) is 20.2. The first-order valence-corrected chi connectivity index (χ1v) is 9.54. The molecule has 1 fully saturated rings. The summed E-state index contributed by atoms with van der Waals surface area (Å²) in [6.45, 7) is 14.5. The molecule has 0 aliphatic carbocycles. The normalized spacial score (nSPS) is 18.5. The van der Waals surface area contributed by atoms with E-state index in [2.05, 4.69) is 43.6 Å². The Morgan fingerprint density at radius 2 is 1.70 bits per heavy atom. The third-order valence-corrected chi connectivity index (χ3v) is 5.01. The Morgan fingerprint density at radius 3 is 2.09 bits per heavy atom.